The smallest absolute Gasteiger partial charge is 0.422 e. The Bertz CT molecular complexity index is 705. The van der Waals surface area contributed by atoms with Gasteiger partial charge in [0.15, 0.2) is 18.8 Å². The van der Waals surface area contributed by atoms with Gasteiger partial charge in [-0.05, 0) is 26.0 Å². The molecule has 0 saturated carbocycles. The van der Waals surface area contributed by atoms with Crippen LogP contribution in [0.5, 0.6) is 0 Å². The summed E-state index contributed by atoms with van der Waals surface area (Å²) in [5.41, 5.74) is 12.9. The molecule has 1 atom stereocenters. The maximum absolute atomic E-state index is 12.1. The van der Waals surface area contributed by atoms with E-state index >= 15 is 0 Å². The van der Waals surface area contributed by atoms with Crippen molar-refractivity contribution in [1.82, 2.24) is 10.3 Å². The van der Waals surface area contributed by atoms with Gasteiger partial charge in [0.2, 0.25) is 0 Å². The van der Waals surface area contributed by atoms with Crippen LogP contribution in [0, 0.1) is 0 Å². The molecule has 0 spiro atoms. The van der Waals surface area contributed by atoms with Crippen LogP contribution >= 0.6 is 11.6 Å². The Morgan fingerprint density at radius 1 is 1.46 bits per heavy atom. The number of aromatic nitrogens is 1. The van der Waals surface area contributed by atoms with Gasteiger partial charge in [-0.15, -0.1) is 0 Å². The van der Waals surface area contributed by atoms with Crippen LogP contribution in [0.3, 0.4) is 0 Å². The van der Waals surface area contributed by atoms with Crippen LogP contribution in [0.2, 0.25) is 5.15 Å². The summed E-state index contributed by atoms with van der Waals surface area (Å²) < 4.78 is 40.9. The van der Waals surface area contributed by atoms with Crippen molar-refractivity contribution in [3.63, 3.8) is 0 Å². The molecule has 0 amide bonds. The summed E-state index contributed by atoms with van der Waals surface area (Å²) in [6, 6.07) is 1.15. The minimum atomic E-state index is -4.48. The minimum Gasteiger partial charge on any atom is -0.470 e. The molecule has 26 heavy (non-hydrogen) atoms. The van der Waals surface area contributed by atoms with Crippen LogP contribution in [0.4, 0.5) is 13.2 Å². The quantitative estimate of drug-likeness (QED) is 0.272. The second-order valence-corrected chi connectivity index (χ2v) is 5.84. The SMILES string of the molecule is CC(/C=C(\N)C(C)NCc1c(C=O)ccnc1Cl)=C(/N)OCC(F)(F)F. The predicted molar refractivity (Wildman–Crippen MR) is 92.1 cm³/mol. The first-order chi connectivity index (χ1) is 12.0. The van der Waals surface area contributed by atoms with E-state index in [2.05, 4.69) is 15.0 Å². The first-order valence-corrected chi connectivity index (χ1v) is 7.87. The zero-order valence-corrected chi connectivity index (χ0v) is 15.0. The molecule has 1 rings (SSSR count). The number of hydrogen-bond acceptors (Lipinski definition) is 6. The van der Waals surface area contributed by atoms with Gasteiger partial charge in [0.25, 0.3) is 0 Å². The number of alkyl halides is 3. The fourth-order valence-electron chi connectivity index (χ4n) is 1.86. The van der Waals surface area contributed by atoms with Gasteiger partial charge in [0.05, 0.1) is 0 Å². The molecule has 0 bridgehead atoms. The van der Waals surface area contributed by atoms with E-state index in [4.69, 9.17) is 23.1 Å². The fraction of sp³-hybridized carbons (Fsp3) is 0.375. The Hall–Kier alpha value is -2.26. The van der Waals surface area contributed by atoms with Crippen molar-refractivity contribution in [2.75, 3.05) is 6.61 Å². The van der Waals surface area contributed by atoms with Gasteiger partial charge >= 0.3 is 6.18 Å². The average molecular weight is 393 g/mol. The molecule has 1 heterocycles. The molecule has 1 unspecified atom stereocenters. The zero-order chi connectivity index (χ0) is 19.9. The minimum absolute atomic E-state index is 0.192. The Morgan fingerprint density at radius 3 is 2.69 bits per heavy atom. The molecule has 0 aliphatic rings. The third-order valence-electron chi connectivity index (χ3n) is 3.41. The molecule has 144 valence electrons. The lowest BCUT2D eigenvalue weighted by atomic mass is 10.1. The molecular formula is C16H20ClF3N4O2. The van der Waals surface area contributed by atoms with E-state index in [0.717, 1.165) is 0 Å². The van der Waals surface area contributed by atoms with Crippen LogP contribution < -0.4 is 16.8 Å². The van der Waals surface area contributed by atoms with Crippen LogP contribution in [-0.4, -0.2) is 30.1 Å². The summed E-state index contributed by atoms with van der Waals surface area (Å²) in [4.78, 5) is 15.0. The average Bonchev–Trinajstić information content (AvgIpc) is 2.57. The summed E-state index contributed by atoms with van der Waals surface area (Å²) in [7, 11) is 0. The molecule has 5 N–H and O–H groups in total. The van der Waals surface area contributed by atoms with E-state index in [1.165, 1.54) is 25.3 Å². The van der Waals surface area contributed by atoms with Crippen LogP contribution in [0.25, 0.3) is 0 Å². The van der Waals surface area contributed by atoms with Gasteiger partial charge < -0.3 is 21.5 Å². The van der Waals surface area contributed by atoms with Gasteiger partial charge in [0.1, 0.15) is 5.15 Å². The monoisotopic (exact) mass is 392 g/mol. The lowest BCUT2D eigenvalue weighted by Crippen LogP contribution is -2.31. The fourth-order valence-corrected chi connectivity index (χ4v) is 2.09. The Morgan fingerprint density at radius 2 is 2.12 bits per heavy atom. The summed E-state index contributed by atoms with van der Waals surface area (Å²) in [6.45, 7) is 1.95. The molecule has 1 aromatic rings. The molecule has 6 nitrogen and oxygen atoms in total. The Labute approximate surface area is 154 Å². The summed E-state index contributed by atoms with van der Waals surface area (Å²) in [5.74, 6) is -0.365. The van der Waals surface area contributed by atoms with Crippen molar-refractivity contribution in [2.45, 2.75) is 32.6 Å². The third kappa shape index (κ3) is 6.93. The van der Waals surface area contributed by atoms with Gasteiger partial charge in [-0.25, -0.2) is 4.98 Å². The van der Waals surface area contributed by atoms with Crippen LogP contribution in [0.1, 0.15) is 29.8 Å². The number of rotatable bonds is 8. The van der Waals surface area contributed by atoms with Gasteiger partial charge in [-0.2, -0.15) is 13.2 Å². The number of halogens is 4. The second kappa shape index (κ2) is 9.44. The molecule has 0 aliphatic heterocycles. The summed E-state index contributed by atoms with van der Waals surface area (Å²) >= 11 is 5.98. The lowest BCUT2D eigenvalue weighted by Gasteiger charge is -2.16. The zero-order valence-electron chi connectivity index (χ0n) is 14.2. The van der Waals surface area contributed by atoms with Crippen LogP contribution in [-0.2, 0) is 11.3 Å². The van der Waals surface area contributed by atoms with E-state index < -0.39 is 12.8 Å². The van der Waals surface area contributed by atoms with E-state index in [1.807, 2.05) is 0 Å². The number of hydrogen-bond donors (Lipinski definition) is 3. The van der Waals surface area contributed by atoms with Crippen LogP contribution in [0.15, 0.2) is 35.5 Å². The molecule has 0 radical (unpaired) electrons. The van der Waals surface area contributed by atoms with Crippen molar-refractivity contribution in [2.24, 2.45) is 11.5 Å². The van der Waals surface area contributed by atoms with E-state index in [-0.39, 0.29) is 29.2 Å². The van der Waals surface area contributed by atoms with E-state index in [1.54, 1.807) is 6.92 Å². The lowest BCUT2D eigenvalue weighted by molar-refractivity contribution is -0.165. The molecule has 0 aromatic carbocycles. The predicted octanol–water partition coefficient (Wildman–Crippen LogP) is 2.64. The number of ether oxygens (including phenoxy) is 1. The Kier molecular flexibility index (Phi) is 7.91. The van der Waals surface area contributed by atoms with E-state index in [9.17, 15) is 18.0 Å². The highest BCUT2D eigenvalue weighted by Crippen LogP contribution is 2.18. The number of nitrogens with zero attached hydrogens (tertiary/aromatic N) is 1. The maximum Gasteiger partial charge on any atom is 0.422 e. The second-order valence-electron chi connectivity index (χ2n) is 5.49. The maximum atomic E-state index is 12.1. The van der Waals surface area contributed by atoms with Crippen molar-refractivity contribution in [3.05, 3.63) is 51.8 Å². The molecule has 10 heteroatoms. The van der Waals surface area contributed by atoms with E-state index in [0.29, 0.717) is 23.1 Å². The standard InChI is InChI=1S/C16H20ClF3N4O2/c1-9(15(22)26-8-16(18,19)20)5-13(21)10(2)24-6-12-11(7-25)3-4-23-14(12)17/h3-5,7,10,24H,6,8,21-22H2,1-2H3/b13-5-,15-9+. The molecule has 0 saturated heterocycles. The molecule has 1 aromatic heterocycles. The number of aldehydes is 1. The van der Waals surface area contributed by atoms with Gasteiger partial charge in [-0.1, -0.05) is 11.6 Å². The number of allylic oxidation sites excluding steroid dienone is 2. The Balaban J connectivity index is 2.76. The topological polar surface area (TPSA) is 103 Å². The van der Waals surface area contributed by atoms with Gasteiger partial charge in [0, 0.05) is 41.2 Å². The van der Waals surface area contributed by atoms with Crippen molar-refractivity contribution >= 4 is 17.9 Å². The van der Waals surface area contributed by atoms with Crippen molar-refractivity contribution in [3.8, 4) is 0 Å². The highest BCUT2D eigenvalue weighted by atomic mass is 35.5. The highest BCUT2D eigenvalue weighted by Gasteiger charge is 2.28. The van der Waals surface area contributed by atoms with Crippen molar-refractivity contribution in [1.29, 1.82) is 0 Å². The first kappa shape index (κ1) is 21.8. The number of nitrogens with two attached hydrogens (primary N) is 2. The summed E-state index contributed by atoms with van der Waals surface area (Å²) in [5, 5.41) is 3.25. The van der Waals surface area contributed by atoms with Crippen molar-refractivity contribution < 1.29 is 22.7 Å². The highest BCUT2D eigenvalue weighted by molar-refractivity contribution is 6.30. The summed E-state index contributed by atoms with van der Waals surface area (Å²) in [6.07, 6.45) is -0.978. The van der Waals surface area contributed by atoms with Gasteiger partial charge in [-0.3, -0.25) is 4.79 Å². The molecular weight excluding hydrogens is 373 g/mol. The number of carbonyl (C=O) groups is 1. The molecule has 0 fully saturated rings. The third-order valence-corrected chi connectivity index (χ3v) is 3.74. The number of nitrogens with one attached hydrogen (secondary N) is 1. The molecule has 0 aliphatic carbocycles. The number of carbonyl (C=O) groups excluding carboxylic acids is 1. The normalized spacial score (nSPS) is 14.6. The first-order valence-electron chi connectivity index (χ1n) is 7.50. The number of pyridine rings is 1. The largest absolute Gasteiger partial charge is 0.470 e.